The molecule has 2 aromatic rings. The smallest absolute Gasteiger partial charge is 0.0480 e. The average Bonchev–Trinajstić information content (AvgIpc) is 2.71. The highest BCUT2D eigenvalue weighted by Crippen LogP contribution is 2.18. The minimum absolute atomic E-state index is 0.283. The highest BCUT2D eigenvalue weighted by atomic mass is 14.9. The van der Waals surface area contributed by atoms with Crippen LogP contribution >= 0.6 is 0 Å². The zero-order valence-corrected chi connectivity index (χ0v) is 10.1. The summed E-state index contributed by atoms with van der Waals surface area (Å²) in [6.07, 6.45) is 4.16. The molecular weight excluding hydrogens is 196 g/mol. The van der Waals surface area contributed by atoms with Gasteiger partial charge in [0.05, 0.1) is 0 Å². The third kappa shape index (κ3) is 2.12. The molecule has 0 spiro atoms. The Balaban J connectivity index is 2.30. The van der Waals surface area contributed by atoms with Crippen molar-refractivity contribution in [2.75, 3.05) is 0 Å². The summed E-state index contributed by atoms with van der Waals surface area (Å²) < 4.78 is 2.26. The van der Waals surface area contributed by atoms with E-state index < -0.39 is 0 Å². The third-order valence-corrected chi connectivity index (χ3v) is 3.20. The number of nitrogens with zero attached hydrogens (tertiary/aromatic N) is 1. The van der Waals surface area contributed by atoms with E-state index in [1.165, 1.54) is 16.5 Å². The second kappa shape index (κ2) is 4.71. The molecule has 0 saturated heterocycles. The number of fused-ring (bicyclic) bond motifs is 1. The van der Waals surface area contributed by atoms with E-state index >= 15 is 0 Å². The molecule has 1 heterocycles. The summed E-state index contributed by atoms with van der Waals surface area (Å²) in [6.45, 7) is 5.33. The second-order valence-corrected chi connectivity index (χ2v) is 4.37. The topological polar surface area (TPSA) is 30.9 Å². The number of aryl methyl sites for hydroxylation is 1. The highest BCUT2D eigenvalue weighted by molar-refractivity contribution is 5.80. The van der Waals surface area contributed by atoms with Crippen LogP contribution in [0.15, 0.2) is 30.5 Å². The Labute approximate surface area is 97.1 Å². The SMILES string of the molecule is CCC(N)Cc1ccc2c(ccn2CC)c1. The van der Waals surface area contributed by atoms with E-state index in [0.717, 1.165) is 19.4 Å². The number of aromatic nitrogens is 1. The maximum Gasteiger partial charge on any atom is 0.0480 e. The van der Waals surface area contributed by atoms with Gasteiger partial charge in [0.2, 0.25) is 0 Å². The Morgan fingerprint density at radius 2 is 2.06 bits per heavy atom. The minimum Gasteiger partial charge on any atom is -0.348 e. The molecule has 86 valence electrons. The van der Waals surface area contributed by atoms with E-state index in [2.05, 4.69) is 48.9 Å². The Morgan fingerprint density at radius 3 is 2.75 bits per heavy atom. The maximum absolute atomic E-state index is 5.98. The number of hydrogen-bond acceptors (Lipinski definition) is 1. The van der Waals surface area contributed by atoms with Crippen LogP contribution in [0.2, 0.25) is 0 Å². The van der Waals surface area contributed by atoms with Crippen molar-refractivity contribution in [3.63, 3.8) is 0 Å². The van der Waals surface area contributed by atoms with Crippen LogP contribution < -0.4 is 5.73 Å². The van der Waals surface area contributed by atoms with Crippen molar-refractivity contribution in [2.24, 2.45) is 5.73 Å². The Hall–Kier alpha value is -1.28. The van der Waals surface area contributed by atoms with Crippen molar-refractivity contribution < 1.29 is 0 Å². The molecular formula is C14H20N2. The predicted molar refractivity (Wildman–Crippen MR) is 69.6 cm³/mol. The lowest BCUT2D eigenvalue weighted by Crippen LogP contribution is -2.21. The quantitative estimate of drug-likeness (QED) is 0.837. The minimum atomic E-state index is 0.283. The molecule has 2 N–H and O–H groups in total. The van der Waals surface area contributed by atoms with Gasteiger partial charge in [0.15, 0.2) is 0 Å². The van der Waals surface area contributed by atoms with E-state index in [-0.39, 0.29) is 6.04 Å². The van der Waals surface area contributed by atoms with Gasteiger partial charge >= 0.3 is 0 Å². The first-order valence-corrected chi connectivity index (χ1v) is 6.08. The standard InChI is InChI=1S/C14H20N2/c1-3-13(15)10-11-5-6-14-12(9-11)7-8-16(14)4-2/h5-9,13H,3-4,10,15H2,1-2H3. The van der Waals surface area contributed by atoms with Crippen molar-refractivity contribution in [1.82, 2.24) is 4.57 Å². The van der Waals surface area contributed by atoms with Gasteiger partial charge in [0.1, 0.15) is 0 Å². The van der Waals surface area contributed by atoms with Gasteiger partial charge in [-0.25, -0.2) is 0 Å². The van der Waals surface area contributed by atoms with E-state index in [1.54, 1.807) is 0 Å². The van der Waals surface area contributed by atoms with Crippen LogP contribution in [0.4, 0.5) is 0 Å². The van der Waals surface area contributed by atoms with Crippen molar-refractivity contribution >= 4 is 10.9 Å². The van der Waals surface area contributed by atoms with Crippen LogP contribution in [-0.2, 0) is 13.0 Å². The lowest BCUT2D eigenvalue weighted by molar-refractivity contribution is 0.647. The van der Waals surface area contributed by atoms with Gasteiger partial charge in [-0.3, -0.25) is 0 Å². The van der Waals surface area contributed by atoms with E-state index in [0.29, 0.717) is 0 Å². The fraction of sp³-hybridized carbons (Fsp3) is 0.429. The van der Waals surface area contributed by atoms with Gasteiger partial charge in [-0.15, -0.1) is 0 Å². The van der Waals surface area contributed by atoms with Crippen LogP contribution in [0, 0.1) is 0 Å². The molecule has 1 aromatic carbocycles. The number of benzene rings is 1. The molecule has 1 atom stereocenters. The Kier molecular flexibility index (Phi) is 3.30. The maximum atomic E-state index is 5.98. The molecule has 2 heteroatoms. The molecule has 0 aliphatic carbocycles. The first-order valence-electron chi connectivity index (χ1n) is 6.08. The van der Waals surface area contributed by atoms with Gasteiger partial charge in [-0.1, -0.05) is 13.0 Å². The van der Waals surface area contributed by atoms with E-state index in [1.807, 2.05) is 0 Å². The molecule has 0 aliphatic heterocycles. The van der Waals surface area contributed by atoms with Crippen LogP contribution in [0.1, 0.15) is 25.8 Å². The number of nitrogens with two attached hydrogens (primary N) is 1. The predicted octanol–water partition coefficient (Wildman–Crippen LogP) is 2.94. The third-order valence-electron chi connectivity index (χ3n) is 3.20. The Morgan fingerprint density at radius 1 is 1.25 bits per heavy atom. The lowest BCUT2D eigenvalue weighted by atomic mass is 10.0. The average molecular weight is 216 g/mol. The summed E-state index contributed by atoms with van der Waals surface area (Å²) in [7, 11) is 0. The molecule has 1 unspecified atom stereocenters. The first-order chi connectivity index (χ1) is 7.74. The van der Waals surface area contributed by atoms with Crippen LogP contribution in [0.3, 0.4) is 0 Å². The summed E-state index contributed by atoms with van der Waals surface area (Å²) in [5.41, 5.74) is 8.63. The van der Waals surface area contributed by atoms with Gasteiger partial charge < -0.3 is 10.3 Å². The van der Waals surface area contributed by atoms with Crippen molar-refractivity contribution in [1.29, 1.82) is 0 Å². The van der Waals surface area contributed by atoms with E-state index in [9.17, 15) is 0 Å². The summed E-state index contributed by atoms with van der Waals surface area (Å²) in [5, 5.41) is 1.32. The van der Waals surface area contributed by atoms with Crippen LogP contribution in [-0.4, -0.2) is 10.6 Å². The molecule has 0 aliphatic rings. The highest BCUT2D eigenvalue weighted by Gasteiger charge is 2.04. The van der Waals surface area contributed by atoms with Gasteiger partial charge in [-0.2, -0.15) is 0 Å². The van der Waals surface area contributed by atoms with Gasteiger partial charge in [0.25, 0.3) is 0 Å². The monoisotopic (exact) mass is 216 g/mol. The first kappa shape index (κ1) is 11.2. The zero-order valence-electron chi connectivity index (χ0n) is 10.1. The summed E-state index contributed by atoms with van der Waals surface area (Å²) in [5.74, 6) is 0. The summed E-state index contributed by atoms with van der Waals surface area (Å²) in [6, 6.07) is 9.13. The molecule has 1 aromatic heterocycles. The fourth-order valence-corrected chi connectivity index (χ4v) is 2.10. The second-order valence-electron chi connectivity index (χ2n) is 4.37. The fourth-order valence-electron chi connectivity index (χ4n) is 2.10. The number of rotatable bonds is 4. The lowest BCUT2D eigenvalue weighted by Gasteiger charge is -2.09. The number of hydrogen-bond donors (Lipinski definition) is 1. The summed E-state index contributed by atoms with van der Waals surface area (Å²) in [4.78, 5) is 0. The summed E-state index contributed by atoms with van der Waals surface area (Å²) >= 11 is 0. The molecule has 0 amide bonds. The molecule has 0 saturated carbocycles. The zero-order chi connectivity index (χ0) is 11.5. The van der Waals surface area contributed by atoms with Crippen LogP contribution in [0.5, 0.6) is 0 Å². The molecule has 0 bridgehead atoms. The van der Waals surface area contributed by atoms with E-state index in [4.69, 9.17) is 5.73 Å². The molecule has 16 heavy (non-hydrogen) atoms. The molecule has 0 fully saturated rings. The largest absolute Gasteiger partial charge is 0.348 e. The molecule has 2 nitrogen and oxygen atoms in total. The van der Waals surface area contributed by atoms with Crippen molar-refractivity contribution in [2.45, 2.75) is 39.3 Å². The van der Waals surface area contributed by atoms with Crippen LogP contribution in [0.25, 0.3) is 10.9 Å². The van der Waals surface area contributed by atoms with Crippen molar-refractivity contribution in [3.8, 4) is 0 Å². The van der Waals surface area contributed by atoms with Crippen molar-refractivity contribution in [3.05, 3.63) is 36.0 Å². The normalized spacial score (nSPS) is 13.2. The van der Waals surface area contributed by atoms with Gasteiger partial charge in [-0.05, 0) is 48.9 Å². The Bertz CT molecular complexity index is 471. The molecule has 2 rings (SSSR count). The van der Waals surface area contributed by atoms with Gasteiger partial charge in [0, 0.05) is 24.3 Å². The molecule has 0 radical (unpaired) electrons.